The van der Waals surface area contributed by atoms with Crippen LogP contribution in [0.1, 0.15) is 41.6 Å². The van der Waals surface area contributed by atoms with Gasteiger partial charge in [-0.15, -0.1) is 0 Å². The summed E-state index contributed by atoms with van der Waals surface area (Å²) in [6, 6.07) is 1.87. The molecule has 19 heavy (non-hydrogen) atoms. The first-order chi connectivity index (χ1) is 8.97. The van der Waals surface area contributed by atoms with Gasteiger partial charge in [0.15, 0.2) is 0 Å². The largest absolute Gasteiger partial charge is 0.393 e. The number of nitrogens with one attached hydrogen (secondary N) is 1. The van der Waals surface area contributed by atoms with Crippen LogP contribution in [0.15, 0.2) is 12.1 Å². The second kappa shape index (κ2) is 5.65. The molecular weight excluding hydrogens is 252 g/mol. The molecule has 3 nitrogen and oxygen atoms in total. The fourth-order valence-electron chi connectivity index (χ4n) is 2.30. The maximum atomic E-state index is 13.6. The molecule has 1 aliphatic rings. The standard InChI is InChI=1S/C14H17F2NO2/c1-8-6-13(16)11(7-12(8)15)14(19)17-9-2-4-10(18)5-3-9/h6-7,9-10,18H,2-5H2,1H3,(H,17,19). The van der Waals surface area contributed by atoms with Crippen LogP contribution in [0.3, 0.4) is 0 Å². The van der Waals surface area contributed by atoms with Gasteiger partial charge in [0.1, 0.15) is 11.6 Å². The molecule has 1 fully saturated rings. The first-order valence-electron chi connectivity index (χ1n) is 6.42. The second-order valence-corrected chi connectivity index (χ2v) is 5.06. The summed E-state index contributed by atoms with van der Waals surface area (Å²) in [5.41, 5.74) is -0.0935. The highest BCUT2D eigenvalue weighted by atomic mass is 19.1. The maximum Gasteiger partial charge on any atom is 0.254 e. The van der Waals surface area contributed by atoms with Gasteiger partial charge >= 0.3 is 0 Å². The third-order valence-electron chi connectivity index (χ3n) is 3.52. The minimum atomic E-state index is -0.716. The number of aryl methyl sites for hydroxylation is 1. The lowest BCUT2D eigenvalue weighted by atomic mass is 9.93. The molecule has 0 aliphatic heterocycles. The summed E-state index contributed by atoms with van der Waals surface area (Å²) in [5.74, 6) is -1.91. The van der Waals surface area contributed by atoms with Gasteiger partial charge in [0, 0.05) is 6.04 Å². The van der Waals surface area contributed by atoms with Gasteiger partial charge in [0.05, 0.1) is 11.7 Å². The molecule has 0 bridgehead atoms. The molecule has 1 saturated carbocycles. The van der Waals surface area contributed by atoms with E-state index in [2.05, 4.69) is 5.32 Å². The number of rotatable bonds is 2. The van der Waals surface area contributed by atoms with Crippen molar-refractivity contribution < 1.29 is 18.7 Å². The number of hydrogen-bond donors (Lipinski definition) is 2. The Kier molecular flexibility index (Phi) is 4.14. The zero-order valence-electron chi connectivity index (χ0n) is 10.7. The Morgan fingerprint density at radius 2 is 1.84 bits per heavy atom. The van der Waals surface area contributed by atoms with Crippen molar-refractivity contribution in [1.82, 2.24) is 5.32 Å². The van der Waals surface area contributed by atoms with Crippen molar-refractivity contribution in [2.45, 2.75) is 44.8 Å². The quantitative estimate of drug-likeness (QED) is 0.865. The molecule has 1 aliphatic carbocycles. The summed E-state index contributed by atoms with van der Waals surface area (Å²) in [6.07, 6.45) is 2.23. The van der Waals surface area contributed by atoms with Gasteiger partial charge in [-0.05, 0) is 50.3 Å². The molecule has 0 spiro atoms. The van der Waals surface area contributed by atoms with Crippen molar-refractivity contribution >= 4 is 5.91 Å². The third kappa shape index (κ3) is 3.29. The van der Waals surface area contributed by atoms with Crippen molar-refractivity contribution in [2.24, 2.45) is 0 Å². The Labute approximate surface area is 110 Å². The molecule has 0 atom stereocenters. The first-order valence-corrected chi connectivity index (χ1v) is 6.42. The van der Waals surface area contributed by atoms with E-state index in [4.69, 9.17) is 0 Å². The van der Waals surface area contributed by atoms with Crippen molar-refractivity contribution in [3.8, 4) is 0 Å². The molecule has 0 unspecified atom stereocenters. The number of halogens is 2. The van der Waals surface area contributed by atoms with Crippen molar-refractivity contribution in [3.05, 3.63) is 34.9 Å². The molecular formula is C14H17F2NO2. The first kappa shape index (κ1) is 13.9. The van der Waals surface area contributed by atoms with Gasteiger partial charge in [0.2, 0.25) is 0 Å². The van der Waals surface area contributed by atoms with Gasteiger partial charge in [-0.1, -0.05) is 0 Å². The van der Waals surface area contributed by atoms with E-state index in [9.17, 15) is 18.7 Å². The van der Waals surface area contributed by atoms with Crippen molar-refractivity contribution in [1.29, 1.82) is 0 Å². The van der Waals surface area contributed by atoms with E-state index < -0.39 is 17.5 Å². The van der Waals surface area contributed by atoms with E-state index in [1.54, 1.807) is 0 Å². The molecule has 1 aromatic carbocycles. The Hall–Kier alpha value is -1.49. The number of carbonyl (C=O) groups excluding carboxylic acids is 1. The molecule has 1 amide bonds. The number of hydrogen-bond acceptors (Lipinski definition) is 2. The summed E-state index contributed by atoms with van der Waals surface area (Å²) in [6.45, 7) is 1.45. The van der Waals surface area contributed by atoms with Crippen LogP contribution in [0.25, 0.3) is 0 Å². The zero-order chi connectivity index (χ0) is 14.0. The predicted molar refractivity (Wildman–Crippen MR) is 66.8 cm³/mol. The second-order valence-electron chi connectivity index (χ2n) is 5.06. The normalized spacial score (nSPS) is 23.2. The molecule has 1 aromatic rings. The van der Waals surface area contributed by atoms with Gasteiger partial charge in [0.25, 0.3) is 5.91 Å². The van der Waals surface area contributed by atoms with Crippen LogP contribution >= 0.6 is 0 Å². The van der Waals surface area contributed by atoms with Crippen LogP contribution in [0, 0.1) is 18.6 Å². The van der Waals surface area contributed by atoms with Crippen molar-refractivity contribution in [3.63, 3.8) is 0 Å². The molecule has 0 saturated heterocycles. The fraction of sp³-hybridized carbons (Fsp3) is 0.500. The fourth-order valence-corrected chi connectivity index (χ4v) is 2.30. The molecule has 0 radical (unpaired) electrons. The molecule has 0 aromatic heterocycles. The molecule has 0 heterocycles. The summed E-state index contributed by atoms with van der Waals surface area (Å²) in [5, 5.41) is 12.1. The number of aliphatic hydroxyl groups excluding tert-OH is 1. The number of benzene rings is 1. The van der Waals surface area contributed by atoms with Crippen LogP contribution in [-0.4, -0.2) is 23.2 Å². The zero-order valence-corrected chi connectivity index (χ0v) is 10.7. The average Bonchev–Trinajstić information content (AvgIpc) is 2.36. The van der Waals surface area contributed by atoms with E-state index in [0.717, 1.165) is 12.1 Å². The van der Waals surface area contributed by atoms with Gasteiger partial charge < -0.3 is 10.4 Å². The number of aliphatic hydroxyl groups is 1. The summed E-state index contributed by atoms with van der Waals surface area (Å²) in [7, 11) is 0. The Morgan fingerprint density at radius 1 is 1.21 bits per heavy atom. The van der Waals surface area contributed by atoms with E-state index in [0.29, 0.717) is 25.7 Å². The Bertz CT molecular complexity index is 483. The van der Waals surface area contributed by atoms with E-state index in [1.165, 1.54) is 6.92 Å². The number of amides is 1. The van der Waals surface area contributed by atoms with Crippen LogP contribution in [0.4, 0.5) is 8.78 Å². The molecule has 2 N–H and O–H groups in total. The van der Waals surface area contributed by atoms with Crippen LogP contribution in [0.5, 0.6) is 0 Å². The molecule has 5 heteroatoms. The summed E-state index contributed by atoms with van der Waals surface area (Å²) >= 11 is 0. The highest BCUT2D eigenvalue weighted by molar-refractivity contribution is 5.94. The average molecular weight is 269 g/mol. The van der Waals surface area contributed by atoms with E-state index in [1.807, 2.05) is 0 Å². The lowest BCUT2D eigenvalue weighted by Gasteiger charge is -2.26. The molecule has 2 rings (SSSR count). The van der Waals surface area contributed by atoms with E-state index >= 15 is 0 Å². The van der Waals surface area contributed by atoms with Crippen LogP contribution < -0.4 is 5.32 Å². The lowest BCUT2D eigenvalue weighted by Crippen LogP contribution is -2.39. The highest BCUT2D eigenvalue weighted by Gasteiger charge is 2.23. The lowest BCUT2D eigenvalue weighted by molar-refractivity contribution is 0.0863. The topological polar surface area (TPSA) is 49.3 Å². The highest BCUT2D eigenvalue weighted by Crippen LogP contribution is 2.20. The predicted octanol–water partition coefficient (Wildman–Crippen LogP) is 2.31. The maximum absolute atomic E-state index is 13.6. The van der Waals surface area contributed by atoms with Crippen molar-refractivity contribution in [2.75, 3.05) is 0 Å². The minimum Gasteiger partial charge on any atom is -0.393 e. The van der Waals surface area contributed by atoms with Gasteiger partial charge in [-0.25, -0.2) is 8.78 Å². The molecule has 104 valence electrons. The Balaban J connectivity index is 2.06. The van der Waals surface area contributed by atoms with E-state index in [-0.39, 0.29) is 23.3 Å². The smallest absolute Gasteiger partial charge is 0.254 e. The Morgan fingerprint density at radius 3 is 2.47 bits per heavy atom. The third-order valence-corrected chi connectivity index (χ3v) is 3.52. The minimum absolute atomic E-state index is 0.0836. The van der Waals surface area contributed by atoms with Crippen LogP contribution in [-0.2, 0) is 0 Å². The SMILES string of the molecule is Cc1cc(F)c(C(=O)NC2CCC(O)CC2)cc1F. The monoisotopic (exact) mass is 269 g/mol. The van der Waals surface area contributed by atoms with Gasteiger partial charge in [-0.2, -0.15) is 0 Å². The van der Waals surface area contributed by atoms with Crippen LogP contribution in [0.2, 0.25) is 0 Å². The van der Waals surface area contributed by atoms with Gasteiger partial charge in [-0.3, -0.25) is 4.79 Å². The summed E-state index contributed by atoms with van der Waals surface area (Å²) in [4.78, 5) is 11.9. The summed E-state index contributed by atoms with van der Waals surface area (Å²) < 4.78 is 27.0. The number of carbonyl (C=O) groups is 1.